The second-order valence-corrected chi connectivity index (χ2v) is 2.44. The Morgan fingerprint density at radius 1 is 1.45 bits per heavy atom. The molecule has 0 saturated heterocycles. The number of hydrogen-bond acceptors (Lipinski definition) is 3. The monoisotopic (exact) mass is 193 g/mol. The number of nitrogens with two attached hydrogens (primary N) is 2. The van der Waals surface area contributed by atoms with Crippen molar-refractivity contribution in [3.63, 3.8) is 0 Å². The summed E-state index contributed by atoms with van der Waals surface area (Å²) in [6.45, 7) is 1.80. The number of pyridine rings is 1. The molecule has 0 radical (unpaired) electrons. The van der Waals surface area contributed by atoms with Gasteiger partial charge in [-0.25, -0.2) is 4.98 Å². The lowest BCUT2D eigenvalue weighted by atomic mass is 10.2. The van der Waals surface area contributed by atoms with Gasteiger partial charge in [-0.3, -0.25) is 0 Å². The van der Waals surface area contributed by atoms with E-state index in [2.05, 4.69) is 4.98 Å². The predicted octanol–water partition coefficient (Wildman–Crippen LogP) is 1.63. The molecule has 0 atom stereocenters. The molecule has 0 aliphatic heterocycles. The number of aromatic nitrogens is 1. The Hall–Kier alpha value is -0.670. The van der Waals surface area contributed by atoms with Crippen molar-refractivity contribution in [2.75, 3.05) is 11.5 Å². The van der Waals surface area contributed by atoms with Gasteiger partial charge in [-0.05, 0) is 12.5 Å². The minimum Gasteiger partial charge on any atom is -0.395 e. The van der Waals surface area contributed by atoms with Crippen LogP contribution in [0.15, 0.2) is 6.20 Å². The van der Waals surface area contributed by atoms with Crippen molar-refractivity contribution in [3.8, 4) is 0 Å². The molecule has 0 unspecified atom stereocenters. The third-order valence-corrected chi connectivity index (χ3v) is 1.74. The fourth-order valence-corrected chi connectivity index (χ4v) is 0.764. The molecular formula is C6H9Cl2N3. The van der Waals surface area contributed by atoms with Crippen molar-refractivity contribution in [1.29, 1.82) is 0 Å². The smallest absolute Gasteiger partial charge is 0.146 e. The summed E-state index contributed by atoms with van der Waals surface area (Å²) in [5.41, 5.74) is 12.2. The summed E-state index contributed by atoms with van der Waals surface area (Å²) in [5.74, 6) is 0.335. The SMILES string of the molecule is Cc1c(Cl)cnc(N)c1N.Cl. The quantitative estimate of drug-likeness (QED) is 0.659. The summed E-state index contributed by atoms with van der Waals surface area (Å²) >= 11 is 5.69. The van der Waals surface area contributed by atoms with Gasteiger partial charge in [-0.1, -0.05) is 11.6 Å². The first-order valence-electron chi connectivity index (χ1n) is 2.79. The van der Waals surface area contributed by atoms with Crippen molar-refractivity contribution < 1.29 is 0 Å². The average molecular weight is 194 g/mol. The molecule has 0 bridgehead atoms. The van der Waals surface area contributed by atoms with Gasteiger partial charge in [0.25, 0.3) is 0 Å². The Bertz CT molecular complexity index is 235. The minimum absolute atomic E-state index is 0. The Morgan fingerprint density at radius 2 is 2.00 bits per heavy atom. The second-order valence-electron chi connectivity index (χ2n) is 2.03. The lowest BCUT2D eigenvalue weighted by Gasteiger charge is -2.03. The van der Waals surface area contributed by atoms with Crippen LogP contribution in [0.4, 0.5) is 11.5 Å². The van der Waals surface area contributed by atoms with E-state index in [-0.39, 0.29) is 12.4 Å². The van der Waals surface area contributed by atoms with Crippen molar-refractivity contribution in [1.82, 2.24) is 4.98 Å². The minimum atomic E-state index is 0. The van der Waals surface area contributed by atoms with E-state index in [1.165, 1.54) is 6.20 Å². The Labute approximate surface area is 76.2 Å². The van der Waals surface area contributed by atoms with Gasteiger partial charge in [0.15, 0.2) is 0 Å². The highest BCUT2D eigenvalue weighted by Crippen LogP contribution is 2.23. The summed E-state index contributed by atoms with van der Waals surface area (Å²) in [4.78, 5) is 3.76. The van der Waals surface area contributed by atoms with Crippen LogP contribution >= 0.6 is 24.0 Å². The number of halogens is 2. The number of nitrogen functional groups attached to an aromatic ring is 2. The van der Waals surface area contributed by atoms with Crippen molar-refractivity contribution >= 4 is 35.5 Å². The topological polar surface area (TPSA) is 64.9 Å². The molecule has 0 fully saturated rings. The van der Waals surface area contributed by atoms with Crippen LogP contribution in [0.1, 0.15) is 5.56 Å². The van der Waals surface area contributed by atoms with Gasteiger partial charge >= 0.3 is 0 Å². The molecule has 1 aromatic rings. The summed E-state index contributed by atoms with van der Waals surface area (Å²) < 4.78 is 0. The fourth-order valence-electron chi connectivity index (χ4n) is 0.613. The summed E-state index contributed by atoms with van der Waals surface area (Å²) in [6, 6.07) is 0. The van der Waals surface area contributed by atoms with E-state index in [0.29, 0.717) is 16.5 Å². The standard InChI is InChI=1S/C6H8ClN3.ClH/c1-3-4(7)2-10-6(9)5(3)8;/h2H,8H2,1H3,(H2,9,10);1H. The molecule has 1 rings (SSSR count). The number of anilines is 2. The molecule has 4 N–H and O–H groups in total. The molecule has 3 nitrogen and oxygen atoms in total. The van der Waals surface area contributed by atoms with Crippen LogP contribution < -0.4 is 11.5 Å². The average Bonchev–Trinajstić information content (AvgIpc) is 1.93. The Morgan fingerprint density at radius 3 is 2.45 bits per heavy atom. The zero-order valence-electron chi connectivity index (χ0n) is 5.97. The van der Waals surface area contributed by atoms with Gasteiger partial charge in [0.05, 0.1) is 10.7 Å². The molecule has 1 aromatic heterocycles. The fraction of sp³-hybridized carbons (Fsp3) is 0.167. The van der Waals surface area contributed by atoms with Crippen molar-refractivity contribution in [2.45, 2.75) is 6.92 Å². The van der Waals surface area contributed by atoms with Crippen LogP contribution in [-0.4, -0.2) is 4.98 Å². The van der Waals surface area contributed by atoms with Gasteiger partial charge in [-0.15, -0.1) is 12.4 Å². The highest BCUT2D eigenvalue weighted by Gasteiger charge is 2.02. The molecule has 0 spiro atoms. The number of nitrogens with zero attached hydrogens (tertiary/aromatic N) is 1. The molecule has 5 heteroatoms. The third kappa shape index (κ3) is 1.88. The van der Waals surface area contributed by atoms with E-state index in [1.807, 2.05) is 0 Å². The number of rotatable bonds is 0. The largest absolute Gasteiger partial charge is 0.395 e. The Kier molecular flexibility index (Phi) is 3.42. The van der Waals surface area contributed by atoms with Crippen LogP contribution in [0.2, 0.25) is 5.02 Å². The van der Waals surface area contributed by atoms with Crippen LogP contribution in [0.5, 0.6) is 0 Å². The van der Waals surface area contributed by atoms with E-state index in [1.54, 1.807) is 6.92 Å². The lowest BCUT2D eigenvalue weighted by Crippen LogP contribution is -1.99. The maximum Gasteiger partial charge on any atom is 0.146 e. The van der Waals surface area contributed by atoms with Gasteiger partial charge in [-0.2, -0.15) is 0 Å². The first-order valence-corrected chi connectivity index (χ1v) is 3.16. The first-order chi connectivity index (χ1) is 4.63. The van der Waals surface area contributed by atoms with E-state index in [0.717, 1.165) is 5.56 Å². The van der Waals surface area contributed by atoms with Crippen LogP contribution in [0.3, 0.4) is 0 Å². The van der Waals surface area contributed by atoms with Crippen LogP contribution in [-0.2, 0) is 0 Å². The number of hydrogen-bond donors (Lipinski definition) is 2. The molecular weight excluding hydrogens is 185 g/mol. The molecule has 0 aliphatic rings. The second kappa shape index (κ2) is 3.64. The van der Waals surface area contributed by atoms with E-state index < -0.39 is 0 Å². The summed E-state index contributed by atoms with van der Waals surface area (Å²) in [7, 11) is 0. The molecule has 0 amide bonds. The maximum atomic E-state index is 5.69. The normalized spacial score (nSPS) is 8.91. The molecule has 0 aromatic carbocycles. The highest BCUT2D eigenvalue weighted by molar-refractivity contribution is 6.31. The van der Waals surface area contributed by atoms with E-state index in [4.69, 9.17) is 23.1 Å². The van der Waals surface area contributed by atoms with Crippen molar-refractivity contribution in [3.05, 3.63) is 16.8 Å². The van der Waals surface area contributed by atoms with Crippen LogP contribution in [0.25, 0.3) is 0 Å². The predicted molar refractivity (Wildman–Crippen MR) is 50.1 cm³/mol. The third-order valence-electron chi connectivity index (χ3n) is 1.36. The molecule has 0 saturated carbocycles. The summed E-state index contributed by atoms with van der Waals surface area (Å²) in [6.07, 6.45) is 1.49. The molecule has 0 aliphatic carbocycles. The van der Waals surface area contributed by atoms with Crippen LogP contribution in [0, 0.1) is 6.92 Å². The molecule has 62 valence electrons. The maximum absolute atomic E-state index is 5.69. The van der Waals surface area contributed by atoms with Crippen molar-refractivity contribution in [2.24, 2.45) is 0 Å². The van der Waals surface area contributed by atoms with Gasteiger partial charge in [0.1, 0.15) is 5.82 Å². The van der Waals surface area contributed by atoms with E-state index in [9.17, 15) is 0 Å². The highest BCUT2D eigenvalue weighted by atomic mass is 35.5. The Balaban J connectivity index is 0.000001000. The zero-order chi connectivity index (χ0) is 7.72. The van der Waals surface area contributed by atoms with E-state index >= 15 is 0 Å². The molecule has 11 heavy (non-hydrogen) atoms. The molecule has 1 heterocycles. The lowest BCUT2D eigenvalue weighted by molar-refractivity contribution is 1.30. The summed E-state index contributed by atoms with van der Waals surface area (Å²) in [5, 5.41) is 0.548. The first kappa shape index (κ1) is 10.3. The van der Waals surface area contributed by atoms with Gasteiger partial charge in [0.2, 0.25) is 0 Å². The van der Waals surface area contributed by atoms with Gasteiger partial charge < -0.3 is 11.5 Å². The zero-order valence-corrected chi connectivity index (χ0v) is 7.54. The van der Waals surface area contributed by atoms with Gasteiger partial charge in [0, 0.05) is 6.20 Å².